The molecule has 42 heavy (non-hydrogen) atoms. The van der Waals surface area contributed by atoms with Crippen LogP contribution < -0.4 is 9.47 Å². The predicted molar refractivity (Wildman–Crippen MR) is 169 cm³/mol. The van der Waals surface area contributed by atoms with E-state index in [-0.39, 0.29) is 30.8 Å². The Balaban J connectivity index is 1.62. The van der Waals surface area contributed by atoms with Crippen LogP contribution in [0.15, 0.2) is 59.2 Å². The topological polar surface area (TPSA) is 117 Å². The van der Waals surface area contributed by atoms with Gasteiger partial charge in [0.05, 0.1) is 35.2 Å². The predicted octanol–water partition coefficient (Wildman–Crippen LogP) is 5.34. The number of phenols is 1. The lowest BCUT2D eigenvalue weighted by Gasteiger charge is -2.36. The van der Waals surface area contributed by atoms with Crippen LogP contribution in [0.2, 0.25) is 0 Å². The van der Waals surface area contributed by atoms with Gasteiger partial charge < -0.3 is 24.8 Å². The number of aromatic hydroxyl groups is 1. The van der Waals surface area contributed by atoms with E-state index < -0.39 is 23.9 Å². The van der Waals surface area contributed by atoms with Crippen LogP contribution in [0.25, 0.3) is 6.08 Å². The van der Waals surface area contributed by atoms with Crippen molar-refractivity contribution in [1.29, 1.82) is 0 Å². The molecule has 1 heterocycles. The molecule has 0 saturated carbocycles. The highest BCUT2D eigenvalue weighted by atomic mass is 127. The van der Waals surface area contributed by atoms with Gasteiger partial charge in [0.2, 0.25) is 11.8 Å². The summed E-state index contributed by atoms with van der Waals surface area (Å²) in [4.78, 5) is 28.0. The maximum absolute atomic E-state index is 13.4. The maximum atomic E-state index is 13.4. The lowest BCUT2D eigenvalue weighted by Crippen LogP contribution is -2.40. The number of carbonyl (C=O) groups excluding carboxylic acids is 2. The van der Waals surface area contributed by atoms with E-state index in [1.54, 1.807) is 6.07 Å². The SMILES string of the molecule is CCCN1C(=O)[C@@H]2[C@@H](CC(COc3ccccc3)=C([C@H](O)CC/C(=C/c3cc(I)c(O)c(OC)c3)CC)[C@@H]2CO)C1=O. The standard InChI is InChI=1S/C33H40INO7/c1-4-13-35-32(39)24-17-22(19-42-23-9-7-6-8-10-23)29(25(18-36)30(24)33(35)40)27(37)12-11-20(5-2)14-21-15-26(34)31(38)28(16-21)41-3/h6-10,14-16,24-25,27,30,36-38H,4-5,11-13,17-19H2,1-3H3/b20-14+/t24-,25+,27-,30-/m1/s1. The molecule has 1 fully saturated rings. The van der Waals surface area contributed by atoms with Crippen molar-refractivity contribution in [3.8, 4) is 17.2 Å². The molecule has 1 aliphatic heterocycles. The average molecular weight is 690 g/mol. The van der Waals surface area contributed by atoms with Gasteiger partial charge in [0.25, 0.3) is 0 Å². The number of ether oxygens (including phenoxy) is 2. The Morgan fingerprint density at radius 1 is 1.17 bits per heavy atom. The zero-order chi connectivity index (χ0) is 30.4. The van der Waals surface area contributed by atoms with Crippen LogP contribution in [0.3, 0.4) is 0 Å². The summed E-state index contributed by atoms with van der Waals surface area (Å²) >= 11 is 2.07. The van der Waals surface area contributed by atoms with Gasteiger partial charge in [0, 0.05) is 12.5 Å². The van der Waals surface area contributed by atoms with Crippen molar-refractivity contribution < 1.29 is 34.4 Å². The monoisotopic (exact) mass is 689 g/mol. The summed E-state index contributed by atoms with van der Waals surface area (Å²) in [7, 11) is 1.51. The molecule has 0 radical (unpaired) electrons. The molecule has 8 nitrogen and oxygen atoms in total. The van der Waals surface area contributed by atoms with Crippen molar-refractivity contribution in [3.05, 3.63) is 68.3 Å². The van der Waals surface area contributed by atoms with Gasteiger partial charge in [0.1, 0.15) is 12.4 Å². The number of benzene rings is 2. The fraction of sp³-hybridized carbons (Fsp3) is 0.455. The highest BCUT2D eigenvalue weighted by Crippen LogP contribution is 2.46. The molecule has 0 bridgehead atoms. The van der Waals surface area contributed by atoms with Gasteiger partial charge >= 0.3 is 0 Å². The van der Waals surface area contributed by atoms with Crippen molar-refractivity contribution in [1.82, 2.24) is 4.90 Å². The number of aliphatic hydroxyl groups is 2. The lowest BCUT2D eigenvalue weighted by molar-refractivity contribution is -0.140. The van der Waals surface area contributed by atoms with E-state index in [0.29, 0.717) is 52.9 Å². The number of allylic oxidation sites excluding steroid dienone is 1. The third kappa shape index (κ3) is 6.84. The van der Waals surface area contributed by atoms with Gasteiger partial charge in [-0.15, -0.1) is 0 Å². The second-order valence-corrected chi connectivity index (χ2v) is 12.0. The number of fused-ring (bicyclic) bond motifs is 1. The average Bonchev–Trinajstić information content (AvgIpc) is 3.23. The summed E-state index contributed by atoms with van der Waals surface area (Å²) in [6, 6.07) is 13.0. The first-order valence-electron chi connectivity index (χ1n) is 14.5. The molecule has 2 aliphatic rings. The number of hydrogen-bond acceptors (Lipinski definition) is 7. The lowest BCUT2D eigenvalue weighted by atomic mass is 9.68. The summed E-state index contributed by atoms with van der Waals surface area (Å²) in [6.45, 7) is 4.14. The third-order valence-electron chi connectivity index (χ3n) is 8.27. The Labute approximate surface area is 261 Å². The molecule has 226 valence electrons. The smallest absolute Gasteiger partial charge is 0.233 e. The number of amides is 2. The molecular weight excluding hydrogens is 649 g/mol. The maximum Gasteiger partial charge on any atom is 0.233 e. The molecule has 1 saturated heterocycles. The highest BCUT2D eigenvalue weighted by molar-refractivity contribution is 14.1. The largest absolute Gasteiger partial charge is 0.504 e. The van der Waals surface area contributed by atoms with Crippen LogP contribution >= 0.6 is 22.6 Å². The normalized spacial score (nSPS) is 21.5. The van der Waals surface area contributed by atoms with E-state index in [2.05, 4.69) is 22.6 Å². The van der Waals surface area contributed by atoms with Crippen molar-refractivity contribution in [2.75, 3.05) is 26.9 Å². The zero-order valence-corrected chi connectivity index (χ0v) is 26.5. The highest BCUT2D eigenvalue weighted by Gasteiger charge is 2.54. The number of aliphatic hydroxyl groups excluding tert-OH is 2. The van der Waals surface area contributed by atoms with Crippen molar-refractivity contribution in [2.24, 2.45) is 17.8 Å². The first-order chi connectivity index (χ1) is 20.2. The number of imide groups is 1. The van der Waals surface area contributed by atoms with Crippen LogP contribution in [-0.4, -0.2) is 65.0 Å². The molecule has 0 spiro atoms. The molecule has 2 amide bonds. The molecule has 4 atom stereocenters. The number of para-hydroxylation sites is 1. The number of likely N-dealkylation sites (tertiary alicyclic amines) is 1. The van der Waals surface area contributed by atoms with Crippen molar-refractivity contribution >= 4 is 40.5 Å². The molecular formula is C33H40INO7. The number of phenolic OH excluding ortho intramolecular Hbond substituents is 1. The van der Waals surface area contributed by atoms with Gasteiger partial charge in [-0.3, -0.25) is 14.5 Å². The van der Waals surface area contributed by atoms with Crippen molar-refractivity contribution in [2.45, 2.75) is 52.1 Å². The van der Waals surface area contributed by atoms with E-state index in [1.807, 2.05) is 56.3 Å². The first kappa shape index (κ1) is 32.0. The summed E-state index contributed by atoms with van der Waals surface area (Å²) in [5.41, 5.74) is 3.36. The first-order valence-corrected chi connectivity index (χ1v) is 15.6. The molecule has 3 N–H and O–H groups in total. The summed E-state index contributed by atoms with van der Waals surface area (Å²) in [5, 5.41) is 32.4. The number of methoxy groups -OCH3 is 1. The van der Waals surface area contributed by atoms with Gasteiger partial charge in [-0.05, 0) is 95.7 Å². The Kier molecular flexibility index (Phi) is 11.1. The molecule has 1 aliphatic carbocycles. The molecule has 2 aromatic carbocycles. The molecule has 2 aromatic rings. The quantitative estimate of drug-likeness (QED) is 0.148. The van der Waals surface area contributed by atoms with E-state index in [9.17, 15) is 24.9 Å². The van der Waals surface area contributed by atoms with Gasteiger partial charge in [-0.2, -0.15) is 0 Å². The van der Waals surface area contributed by atoms with E-state index in [4.69, 9.17) is 9.47 Å². The fourth-order valence-electron chi connectivity index (χ4n) is 6.19. The van der Waals surface area contributed by atoms with Crippen LogP contribution in [0.1, 0.15) is 51.5 Å². The minimum atomic E-state index is -0.926. The molecule has 9 heteroatoms. The Morgan fingerprint density at radius 3 is 2.55 bits per heavy atom. The number of hydrogen-bond donors (Lipinski definition) is 3. The van der Waals surface area contributed by atoms with Gasteiger partial charge in [-0.1, -0.05) is 43.7 Å². The van der Waals surface area contributed by atoms with Crippen LogP contribution in [-0.2, 0) is 9.59 Å². The summed E-state index contributed by atoms with van der Waals surface area (Å²) < 4.78 is 12.0. The Hall–Kier alpha value is -2.89. The zero-order valence-electron chi connectivity index (χ0n) is 24.4. The Bertz CT molecular complexity index is 1340. The Morgan fingerprint density at radius 2 is 1.90 bits per heavy atom. The minimum absolute atomic E-state index is 0.101. The van der Waals surface area contributed by atoms with E-state index in [1.165, 1.54) is 12.0 Å². The minimum Gasteiger partial charge on any atom is -0.504 e. The molecule has 0 aromatic heterocycles. The van der Waals surface area contributed by atoms with Crippen molar-refractivity contribution in [3.63, 3.8) is 0 Å². The van der Waals surface area contributed by atoms with Gasteiger partial charge in [0.15, 0.2) is 11.5 Å². The fourth-order valence-corrected chi connectivity index (χ4v) is 6.81. The number of rotatable bonds is 13. The third-order valence-corrected chi connectivity index (χ3v) is 9.09. The number of carbonyl (C=O) groups is 2. The van der Waals surface area contributed by atoms with Crippen LogP contribution in [0.4, 0.5) is 0 Å². The summed E-state index contributed by atoms with van der Waals surface area (Å²) in [5.74, 6) is -1.22. The van der Waals surface area contributed by atoms with Gasteiger partial charge in [-0.25, -0.2) is 0 Å². The van der Waals surface area contributed by atoms with E-state index in [0.717, 1.165) is 23.1 Å². The molecule has 4 rings (SSSR count). The van der Waals surface area contributed by atoms with Crippen LogP contribution in [0, 0.1) is 21.3 Å². The second-order valence-electron chi connectivity index (χ2n) is 10.9. The van der Waals surface area contributed by atoms with E-state index >= 15 is 0 Å². The molecule has 0 unspecified atom stereocenters. The van der Waals surface area contributed by atoms with Crippen LogP contribution in [0.5, 0.6) is 17.2 Å². The number of halogens is 1. The summed E-state index contributed by atoms with van der Waals surface area (Å²) in [6.07, 6.45) is 3.79. The second kappa shape index (κ2) is 14.5. The number of nitrogens with zero attached hydrogens (tertiary/aromatic N) is 1.